The molecule has 1 amide bonds. The van der Waals surface area contributed by atoms with Gasteiger partial charge in [-0.2, -0.15) is 4.99 Å². The topological polar surface area (TPSA) is 34.4 Å². The van der Waals surface area contributed by atoms with Gasteiger partial charge in [0, 0.05) is 18.0 Å². The van der Waals surface area contributed by atoms with Crippen LogP contribution in [0, 0.1) is 0 Å². The predicted molar refractivity (Wildman–Crippen MR) is 111 cm³/mol. The second-order valence-electron chi connectivity index (χ2n) is 7.20. The lowest BCUT2D eigenvalue weighted by molar-refractivity contribution is 0.0998. The Balaban J connectivity index is 1.58. The van der Waals surface area contributed by atoms with Crippen LogP contribution in [0.5, 0.6) is 0 Å². The molecule has 0 aliphatic heterocycles. The van der Waals surface area contributed by atoms with E-state index in [1.807, 2.05) is 29.8 Å². The van der Waals surface area contributed by atoms with Crippen molar-refractivity contribution in [3.63, 3.8) is 0 Å². The van der Waals surface area contributed by atoms with Crippen molar-refractivity contribution in [2.24, 2.45) is 12.0 Å². The molecular weight excluding hydrogens is 352 g/mol. The van der Waals surface area contributed by atoms with E-state index in [9.17, 15) is 4.79 Å². The second-order valence-corrected chi connectivity index (χ2v) is 8.04. The molecule has 27 heavy (non-hydrogen) atoms. The third kappa shape index (κ3) is 3.96. The van der Waals surface area contributed by atoms with Crippen molar-refractivity contribution in [3.8, 4) is 11.3 Å². The van der Waals surface area contributed by atoms with Crippen LogP contribution >= 0.6 is 11.3 Å². The minimum Gasteiger partial charge on any atom is -0.319 e. The molecule has 1 saturated carbocycles. The van der Waals surface area contributed by atoms with Crippen LogP contribution < -0.4 is 4.80 Å². The first-order valence-corrected chi connectivity index (χ1v) is 10.5. The van der Waals surface area contributed by atoms with Gasteiger partial charge in [0.2, 0.25) is 0 Å². The van der Waals surface area contributed by atoms with Gasteiger partial charge in [-0.1, -0.05) is 61.7 Å². The van der Waals surface area contributed by atoms with Crippen molar-refractivity contribution >= 4 is 17.2 Å². The highest BCUT2D eigenvalue weighted by molar-refractivity contribution is 7.07. The monoisotopic (exact) mass is 376 g/mol. The normalized spacial score (nSPS) is 15.8. The predicted octanol–water partition coefficient (Wildman–Crippen LogP) is 5.54. The molecule has 0 radical (unpaired) electrons. The molecule has 0 N–H and O–H groups in total. The summed E-state index contributed by atoms with van der Waals surface area (Å²) in [4.78, 5) is 17.4. The lowest BCUT2D eigenvalue weighted by Gasteiger charge is -2.22. The lowest BCUT2D eigenvalue weighted by Crippen LogP contribution is -2.14. The number of nitrogens with zero attached hydrogens (tertiary/aromatic N) is 2. The van der Waals surface area contributed by atoms with E-state index in [0.29, 0.717) is 5.56 Å². The fourth-order valence-electron chi connectivity index (χ4n) is 3.83. The summed E-state index contributed by atoms with van der Waals surface area (Å²) in [5, 5.41) is 2.08. The van der Waals surface area contributed by atoms with Gasteiger partial charge in [0.25, 0.3) is 5.91 Å². The number of thiazole rings is 1. The summed E-state index contributed by atoms with van der Waals surface area (Å²) in [5.74, 6) is 0.519. The molecule has 1 fully saturated rings. The van der Waals surface area contributed by atoms with Crippen LogP contribution in [0.2, 0.25) is 0 Å². The molecule has 1 heterocycles. The van der Waals surface area contributed by atoms with E-state index in [1.54, 1.807) is 12.1 Å². The van der Waals surface area contributed by atoms with Crippen LogP contribution in [0.1, 0.15) is 53.9 Å². The lowest BCUT2D eigenvalue weighted by atomic mass is 9.84. The highest BCUT2D eigenvalue weighted by atomic mass is 32.1. The smallest absolute Gasteiger partial charge is 0.279 e. The standard InChI is InChI=1S/C23H24N2OS/c1-25-21(16-27-23(25)24-22(26)20-10-6-3-7-11-20)19-14-12-18(13-15-19)17-8-4-2-5-9-17/h3,6-7,10-17H,2,4-5,8-9H2,1H3. The molecule has 0 spiro atoms. The molecule has 0 bridgehead atoms. The summed E-state index contributed by atoms with van der Waals surface area (Å²) < 4.78 is 2.00. The van der Waals surface area contributed by atoms with E-state index in [-0.39, 0.29) is 5.91 Å². The maximum absolute atomic E-state index is 12.4. The molecule has 4 rings (SSSR count). The zero-order valence-electron chi connectivity index (χ0n) is 15.6. The average molecular weight is 377 g/mol. The highest BCUT2D eigenvalue weighted by Gasteiger charge is 2.15. The van der Waals surface area contributed by atoms with E-state index < -0.39 is 0 Å². The van der Waals surface area contributed by atoms with Crippen LogP contribution in [0.3, 0.4) is 0 Å². The van der Waals surface area contributed by atoms with Gasteiger partial charge >= 0.3 is 0 Å². The Labute approximate surface area is 164 Å². The Bertz CT molecular complexity index is 977. The van der Waals surface area contributed by atoms with Crippen LogP contribution in [0.25, 0.3) is 11.3 Å². The van der Waals surface area contributed by atoms with E-state index in [1.165, 1.54) is 54.6 Å². The van der Waals surface area contributed by atoms with Crippen LogP contribution in [0.15, 0.2) is 65.0 Å². The zero-order chi connectivity index (χ0) is 18.6. The molecule has 4 heteroatoms. The average Bonchev–Trinajstić information content (AvgIpc) is 3.09. The number of rotatable bonds is 3. The van der Waals surface area contributed by atoms with Gasteiger partial charge in [-0.15, -0.1) is 11.3 Å². The zero-order valence-corrected chi connectivity index (χ0v) is 16.4. The summed E-state index contributed by atoms with van der Waals surface area (Å²) in [6.07, 6.45) is 6.72. The molecular formula is C23H24N2OS. The van der Waals surface area contributed by atoms with Crippen molar-refractivity contribution in [1.29, 1.82) is 0 Å². The number of hydrogen-bond donors (Lipinski definition) is 0. The van der Waals surface area contributed by atoms with Crippen molar-refractivity contribution in [2.75, 3.05) is 0 Å². The first-order valence-electron chi connectivity index (χ1n) is 9.61. The quantitative estimate of drug-likeness (QED) is 0.591. The van der Waals surface area contributed by atoms with E-state index >= 15 is 0 Å². The SMILES string of the molecule is Cn1c(-c2ccc(C3CCCCC3)cc2)csc1=NC(=O)c1ccccc1. The summed E-state index contributed by atoms with van der Waals surface area (Å²) in [5.41, 5.74) is 4.33. The maximum atomic E-state index is 12.4. The molecule has 3 nitrogen and oxygen atoms in total. The number of hydrogen-bond acceptors (Lipinski definition) is 2. The minimum atomic E-state index is -0.202. The molecule has 138 valence electrons. The molecule has 0 saturated heterocycles. The molecule has 1 aliphatic carbocycles. The molecule has 3 aromatic rings. The maximum Gasteiger partial charge on any atom is 0.279 e. The first kappa shape index (κ1) is 17.9. The molecule has 1 aliphatic rings. The third-order valence-electron chi connectivity index (χ3n) is 5.43. The summed E-state index contributed by atoms with van der Waals surface area (Å²) in [6, 6.07) is 18.2. The molecule has 0 unspecified atom stereocenters. The van der Waals surface area contributed by atoms with Gasteiger partial charge in [-0.25, -0.2) is 0 Å². The third-order valence-corrected chi connectivity index (χ3v) is 6.34. The summed E-state index contributed by atoms with van der Waals surface area (Å²) in [7, 11) is 1.97. The van der Waals surface area contributed by atoms with Crippen LogP contribution in [-0.2, 0) is 7.05 Å². The van der Waals surface area contributed by atoms with Gasteiger partial charge in [-0.3, -0.25) is 4.79 Å². The van der Waals surface area contributed by atoms with Crippen molar-refractivity contribution < 1.29 is 4.79 Å². The Morgan fingerprint density at radius 1 is 1.00 bits per heavy atom. The van der Waals surface area contributed by atoms with Crippen molar-refractivity contribution in [2.45, 2.75) is 38.0 Å². The van der Waals surface area contributed by atoms with Crippen LogP contribution in [0.4, 0.5) is 0 Å². The number of benzene rings is 2. The second kappa shape index (κ2) is 8.05. The Kier molecular flexibility index (Phi) is 5.35. The Morgan fingerprint density at radius 3 is 2.41 bits per heavy atom. The largest absolute Gasteiger partial charge is 0.319 e. The molecule has 0 atom stereocenters. The Hall–Kier alpha value is -2.46. The number of carbonyl (C=O) groups excluding carboxylic acids is 1. The van der Waals surface area contributed by atoms with Crippen molar-refractivity contribution in [3.05, 3.63) is 75.9 Å². The fourth-order valence-corrected chi connectivity index (χ4v) is 4.73. The minimum absolute atomic E-state index is 0.202. The van der Waals surface area contributed by atoms with E-state index in [4.69, 9.17) is 0 Å². The Morgan fingerprint density at radius 2 is 1.70 bits per heavy atom. The number of carbonyl (C=O) groups is 1. The van der Waals surface area contributed by atoms with Gasteiger partial charge in [-0.05, 0) is 42.0 Å². The van der Waals surface area contributed by atoms with Gasteiger partial charge in [0.15, 0.2) is 4.80 Å². The fraction of sp³-hybridized carbons (Fsp3) is 0.304. The van der Waals surface area contributed by atoms with E-state index in [2.05, 4.69) is 34.6 Å². The van der Waals surface area contributed by atoms with Crippen LogP contribution in [-0.4, -0.2) is 10.5 Å². The number of amides is 1. The van der Waals surface area contributed by atoms with Crippen molar-refractivity contribution in [1.82, 2.24) is 4.57 Å². The van der Waals surface area contributed by atoms with Gasteiger partial charge in [0.1, 0.15) is 0 Å². The highest BCUT2D eigenvalue weighted by Crippen LogP contribution is 2.33. The molecule has 1 aromatic heterocycles. The first-order chi connectivity index (χ1) is 13.2. The molecule has 2 aromatic carbocycles. The van der Waals surface area contributed by atoms with E-state index in [0.717, 1.165) is 16.4 Å². The summed E-state index contributed by atoms with van der Waals surface area (Å²) in [6.45, 7) is 0. The van der Waals surface area contributed by atoms with Gasteiger partial charge in [0.05, 0.1) is 5.69 Å². The van der Waals surface area contributed by atoms with Gasteiger partial charge < -0.3 is 4.57 Å². The number of aromatic nitrogens is 1. The summed E-state index contributed by atoms with van der Waals surface area (Å²) >= 11 is 1.50.